The molecular weight excluding hydrogens is 240 g/mol. The van der Waals surface area contributed by atoms with Crippen LogP contribution in [-0.2, 0) is 4.74 Å². The van der Waals surface area contributed by atoms with Gasteiger partial charge in [-0.3, -0.25) is 0 Å². The molecule has 2 rings (SSSR count). The Kier molecular flexibility index (Phi) is 4.10. The van der Waals surface area contributed by atoms with E-state index in [0.29, 0.717) is 17.6 Å². The molecule has 0 radical (unpaired) electrons. The van der Waals surface area contributed by atoms with E-state index in [1.165, 1.54) is 7.11 Å². The predicted molar refractivity (Wildman–Crippen MR) is 76.6 cm³/mol. The van der Waals surface area contributed by atoms with Crippen LogP contribution in [0.15, 0.2) is 18.2 Å². The van der Waals surface area contributed by atoms with E-state index in [4.69, 9.17) is 4.74 Å². The number of hydrogen-bond donors (Lipinski definition) is 1. The van der Waals surface area contributed by atoms with Crippen LogP contribution in [0.4, 0.5) is 5.69 Å². The fourth-order valence-corrected chi connectivity index (χ4v) is 2.54. The maximum Gasteiger partial charge on any atom is 0.337 e. The SMILES string of the molecule is COC(=O)c1ccc(C)c(NC2CC(C)N(C)C2)c1. The molecule has 1 heterocycles. The Labute approximate surface area is 114 Å². The summed E-state index contributed by atoms with van der Waals surface area (Å²) in [4.78, 5) is 13.9. The monoisotopic (exact) mass is 262 g/mol. The molecule has 1 aromatic carbocycles. The van der Waals surface area contributed by atoms with Gasteiger partial charge < -0.3 is 15.0 Å². The molecule has 4 heteroatoms. The highest BCUT2D eigenvalue weighted by Gasteiger charge is 2.26. The van der Waals surface area contributed by atoms with Gasteiger partial charge in [0.15, 0.2) is 0 Å². The molecule has 1 N–H and O–H groups in total. The van der Waals surface area contributed by atoms with E-state index in [1.807, 2.05) is 19.1 Å². The first kappa shape index (κ1) is 13.9. The van der Waals surface area contributed by atoms with Crippen molar-refractivity contribution in [1.29, 1.82) is 0 Å². The number of carbonyl (C=O) groups is 1. The number of anilines is 1. The molecule has 0 aromatic heterocycles. The van der Waals surface area contributed by atoms with E-state index in [-0.39, 0.29) is 5.97 Å². The smallest absolute Gasteiger partial charge is 0.337 e. The molecule has 104 valence electrons. The lowest BCUT2D eigenvalue weighted by Gasteiger charge is -2.17. The number of likely N-dealkylation sites (tertiary alicyclic amines) is 1. The third-order valence-corrected chi connectivity index (χ3v) is 3.90. The molecule has 1 saturated heterocycles. The van der Waals surface area contributed by atoms with Gasteiger partial charge in [0.1, 0.15) is 0 Å². The molecule has 0 aliphatic carbocycles. The van der Waals surface area contributed by atoms with Crippen molar-refractivity contribution in [2.45, 2.75) is 32.4 Å². The maximum atomic E-state index is 11.6. The Morgan fingerprint density at radius 1 is 1.47 bits per heavy atom. The minimum Gasteiger partial charge on any atom is -0.465 e. The van der Waals surface area contributed by atoms with E-state index in [9.17, 15) is 4.79 Å². The summed E-state index contributed by atoms with van der Waals surface area (Å²) in [6, 6.07) is 6.67. The molecule has 4 nitrogen and oxygen atoms in total. The van der Waals surface area contributed by atoms with E-state index < -0.39 is 0 Å². The molecule has 2 unspecified atom stereocenters. The second-order valence-electron chi connectivity index (χ2n) is 5.39. The van der Waals surface area contributed by atoms with Gasteiger partial charge in [0.25, 0.3) is 0 Å². The number of aryl methyl sites for hydroxylation is 1. The first-order valence-electron chi connectivity index (χ1n) is 6.67. The molecule has 1 fully saturated rings. The largest absolute Gasteiger partial charge is 0.465 e. The highest BCUT2D eigenvalue weighted by molar-refractivity contribution is 5.90. The van der Waals surface area contributed by atoms with Crippen LogP contribution in [0.25, 0.3) is 0 Å². The lowest BCUT2D eigenvalue weighted by Crippen LogP contribution is -2.25. The summed E-state index contributed by atoms with van der Waals surface area (Å²) in [5.41, 5.74) is 2.76. The number of carbonyl (C=O) groups excluding carboxylic acids is 1. The molecule has 1 aromatic rings. The summed E-state index contributed by atoms with van der Waals surface area (Å²) in [5.74, 6) is -0.292. The van der Waals surface area contributed by atoms with Gasteiger partial charge in [-0.2, -0.15) is 0 Å². The quantitative estimate of drug-likeness (QED) is 0.849. The lowest BCUT2D eigenvalue weighted by atomic mass is 10.1. The summed E-state index contributed by atoms with van der Waals surface area (Å²) < 4.78 is 4.76. The Bertz CT molecular complexity index is 463. The summed E-state index contributed by atoms with van der Waals surface area (Å²) in [5, 5.41) is 3.54. The van der Waals surface area contributed by atoms with Gasteiger partial charge >= 0.3 is 5.97 Å². The molecule has 19 heavy (non-hydrogen) atoms. The van der Waals surface area contributed by atoms with Crippen molar-refractivity contribution >= 4 is 11.7 Å². The number of likely N-dealkylation sites (N-methyl/N-ethyl adjacent to an activating group) is 1. The number of nitrogens with zero attached hydrogens (tertiary/aromatic N) is 1. The van der Waals surface area contributed by atoms with Crippen LogP contribution in [0, 0.1) is 6.92 Å². The second-order valence-corrected chi connectivity index (χ2v) is 5.39. The van der Waals surface area contributed by atoms with E-state index in [1.54, 1.807) is 6.07 Å². The van der Waals surface area contributed by atoms with E-state index >= 15 is 0 Å². The normalized spacial score (nSPS) is 23.4. The highest BCUT2D eigenvalue weighted by Crippen LogP contribution is 2.23. The van der Waals surface area contributed by atoms with Crippen molar-refractivity contribution in [3.05, 3.63) is 29.3 Å². The number of esters is 1. The minimum absolute atomic E-state index is 0.292. The zero-order valence-corrected chi connectivity index (χ0v) is 12.1. The number of rotatable bonds is 3. The van der Waals surface area contributed by atoms with Crippen molar-refractivity contribution in [2.75, 3.05) is 26.0 Å². The van der Waals surface area contributed by atoms with E-state index in [0.717, 1.165) is 24.2 Å². The third-order valence-electron chi connectivity index (χ3n) is 3.90. The fourth-order valence-electron chi connectivity index (χ4n) is 2.54. The Morgan fingerprint density at radius 3 is 2.79 bits per heavy atom. The van der Waals surface area contributed by atoms with Gasteiger partial charge in [-0.05, 0) is 45.0 Å². The van der Waals surface area contributed by atoms with Crippen LogP contribution in [0.3, 0.4) is 0 Å². The number of methoxy groups -OCH3 is 1. The topological polar surface area (TPSA) is 41.6 Å². The molecule has 2 atom stereocenters. The number of ether oxygens (including phenoxy) is 1. The standard InChI is InChI=1S/C15H22N2O2/c1-10-5-6-12(15(18)19-4)8-14(10)16-13-7-11(2)17(3)9-13/h5-6,8,11,13,16H,7,9H2,1-4H3. The molecule has 0 amide bonds. The van der Waals surface area contributed by atoms with Crippen molar-refractivity contribution in [2.24, 2.45) is 0 Å². The molecular formula is C15H22N2O2. The Morgan fingerprint density at radius 2 is 2.21 bits per heavy atom. The van der Waals surface area contributed by atoms with Crippen LogP contribution in [0.2, 0.25) is 0 Å². The Balaban J connectivity index is 2.13. The average molecular weight is 262 g/mol. The lowest BCUT2D eigenvalue weighted by molar-refractivity contribution is 0.0601. The van der Waals surface area contributed by atoms with E-state index in [2.05, 4.69) is 24.2 Å². The first-order chi connectivity index (χ1) is 9.01. The maximum absolute atomic E-state index is 11.6. The van der Waals surface area contributed by atoms with Crippen LogP contribution < -0.4 is 5.32 Å². The molecule has 0 bridgehead atoms. The van der Waals surface area contributed by atoms with Crippen LogP contribution >= 0.6 is 0 Å². The summed E-state index contributed by atoms with van der Waals surface area (Å²) in [6.07, 6.45) is 1.12. The Hall–Kier alpha value is -1.55. The number of hydrogen-bond acceptors (Lipinski definition) is 4. The summed E-state index contributed by atoms with van der Waals surface area (Å²) in [6.45, 7) is 5.31. The number of nitrogens with one attached hydrogen (secondary N) is 1. The summed E-state index contributed by atoms with van der Waals surface area (Å²) in [7, 11) is 3.55. The zero-order valence-electron chi connectivity index (χ0n) is 12.1. The summed E-state index contributed by atoms with van der Waals surface area (Å²) >= 11 is 0. The fraction of sp³-hybridized carbons (Fsp3) is 0.533. The van der Waals surface area contributed by atoms with Crippen LogP contribution in [0.5, 0.6) is 0 Å². The number of benzene rings is 1. The first-order valence-corrected chi connectivity index (χ1v) is 6.67. The van der Waals surface area contributed by atoms with Gasteiger partial charge in [0.2, 0.25) is 0 Å². The van der Waals surface area contributed by atoms with Gasteiger partial charge in [-0.15, -0.1) is 0 Å². The van der Waals surface area contributed by atoms with Gasteiger partial charge in [-0.1, -0.05) is 6.07 Å². The molecule has 1 aliphatic heterocycles. The van der Waals surface area contributed by atoms with Crippen molar-refractivity contribution in [1.82, 2.24) is 4.90 Å². The third kappa shape index (κ3) is 3.07. The van der Waals surface area contributed by atoms with Crippen molar-refractivity contribution < 1.29 is 9.53 Å². The molecule has 0 saturated carbocycles. The van der Waals surface area contributed by atoms with Gasteiger partial charge in [-0.25, -0.2) is 4.79 Å². The van der Waals surface area contributed by atoms with Crippen LogP contribution in [0.1, 0.15) is 29.3 Å². The van der Waals surface area contributed by atoms with Gasteiger partial charge in [0, 0.05) is 24.3 Å². The minimum atomic E-state index is -0.292. The second kappa shape index (κ2) is 5.61. The zero-order chi connectivity index (χ0) is 14.0. The predicted octanol–water partition coefficient (Wildman–Crippen LogP) is 2.29. The molecule has 0 spiro atoms. The highest BCUT2D eigenvalue weighted by atomic mass is 16.5. The molecule has 1 aliphatic rings. The van der Waals surface area contributed by atoms with Crippen molar-refractivity contribution in [3.63, 3.8) is 0 Å². The van der Waals surface area contributed by atoms with Crippen molar-refractivity contribution in [3.8, 4) is 0 Å². The van der Waals surface area contributed by atoms with Gasteiger partial charge in [0.05, 0.1) is 12.7 Å². The average Bonchev–Trinajstić information content (AvgIpc) is 2.70. The van der Waals surface area contributed by atoms with Crippen LogP contribution in [-0.4, -0.2) is 43.7 Å².